The molecule has 0 bridgehead atoms. The van der Waals surface area contributed by atoms with Crippen LogP contribution >= 0.6 is 0 Å². The van der Waals surface area contributed by atoms with Crippen LogP contribution in [-0.4, -0.2) is 43.8 Å². The summed E-state index contributed by atoms with van der Waals surface area (Å²) in [5.74, 6) is -1.03. The number of carbonyl (C=O) groups excluding carboxylic acids is 1. The van der Waals surface area contributed by atoms with Gasteiger partial charge in [0.25, 0.3) is 9.84 Å². The summed E-state index contributed by atoms with van der Waals surface area (Å²) >= 11 is 0. The monoisotopic (exact) mass is 643 g/mol. The maximum Gasteiger partial charge on any atom is 0.501 e. The highest BCUT2D eigenvalue weighted by Crippen LogP contribution is 2.46. The van der Waals surface area contributed by atoms with E-state index in [9.17, 15) is 44.7 Å². The van der Waals surface area contributed by atoms with Crippen molar-refractivity contribution in [2.45, 2.75) is 74.7 Å². The van der Waals surface area contributed by atoms with Gasteiger partial charge in [-0.1, -0.05) is 42.5 Å². The van der Waals surface area contributed by atoms with Crippen LogP contribution in [-0.2, 0) is 26.7 Å². The summed E-state index contributed by atoms with van der Waals surface area (Å²) in [7, 11) is -6.42. The highest BCUT2D eigenvalue weighted by Gasteiger charge is 2.57. The number of benzene rings is 3. The average Bonchev–Trinajstić information content (AvgIpc) is 3.12. The van der Waals surface area contributed by atoms with Gasteiger partial charge in [0.1, 0.15) is 11.9 Å². The van der Waals surface area contributed by atoms with Crippen LogP contribution in [0.5, 0.6) is 5.75 Å². The van der Waals surface area contributed by atoms with E-state index < -0.39 is 55.5 Å². The molecule has 0 aromatic heterocycles. The van der Waals surface area contributed by atoms with Gasteiger partial charge in [0.2, 0.25) is 5.91 Å². The van der Waals surface area contributed by atoms with Crippen molar-refractivity contribution in [1.82, 2.24) is 0 Å². The van der Waals surface area contributed by atoms with Crippen LogP contribution < -0.4 is 9.64 Å². The Labute approximate surface area is 251 Å². The van der Waals surface area contributed by atoms with Gasteiger partial charge < -0.3 is 14.7 Å². The number of alkyl halides is 6. The quantitative estimate of drug-likeness (QED) is 0.296. The molecule has 1 aliphatic rings. The summed E-state index contributed by atoms with van der Waals surface area (Å²) in [4.78, 5) is 13.3. The molecule has 3 aromatic carbocycles. The van der Waals surface area contributed by atoms with E-state index in [4.69, 9.17) is 4.74 Å². The average molecular weight is 644 g/mol. The van der Waals surface area contributed by atoms with E-state index in [1.807, 2.05) is 19.1 Å². The maximum absolute atomic E-state index is 14.0. The number of hydrogen-bond acceptors (Lipinski definition) is 5. The predicted octanol–water partition coefficient (Wildman–Crippen LogP) is 6.90. The number of nitrogens with zero attached hydrogens (tertiary/aromatic N) is 1. The van der Waals surface area contributed by atoms with Gasteiger partial charge in [0, 0.05) is 11.3 Å². The van der Waals surface area contributed by atoms with Crippen molar-refractivity contribution in [2.24, 2.45) is 0 Å². The minimum Gasteiger partial charge on any atom is -0.488 e. The fourth-order valence-electron chi connectivity index (χ4n) is 5.09. The molecule has 0 spiro atoms. The zero-order valence-electron chi connectivity index (χ0n) is 24.3. The number of hydrogen-bond donors (Lipinski definition) is 1. The van der Waals surface area contributed by atoms with E-state index in [-0.39, 0.29) is 37.6 Å². The third-order valence-electron chi connectivity index (χ3n) is 7.84. The molecule has 0 aliphatic carbocycles. The summed E-state index contributed by atoms with van der Waals surface area (Å²) in [6.07, 6.45) is -6.29. The van der Waals surface area contributed by atoms with E-state index in [2.05, 4.69) is 0 Å². The number of amides is 1. The second-order valence-electron chi connectivity index (χ2n) is 11.1. The molecular weight excluding hydrogens is 612 g/mol. The summed E-state index contributed by atoms with van der Waals surface area (Å²) in [6, 6.07) is 14.9. The summed E-state index contributed by atoms with van der Waals surface area (Å²) in [6.45, 7) is 5.13. The number of halogens is 6. The van der Waals surface area contributed by atoms with Gasteiger partial charge in [-0.3, -0.25) is 4.79 Å². The Kier molecular flexibility index (Phi) is 8.88. The summed E-state index contributed by atoms with van der Waals surface area (Å²) in [5.41, 5.74) is -9.63. The molecule has 3 aromatic rings. The molecule has 0 fully saturated rings. The van der Waals surface area contributed by atoms with E-state index in [0.717, 1.165) is 16.0 Å². The molecule has 1 aliphatic heterocycles. The van der Waals surface area contributed by atoms with Gasteiger partial charge in [0.15, 0.2) is 5.60 Å². The molecule has 1 unspecified atom stereocenters. The Morgan fingerprint density at radius 2 is 1.64 bits per heavy atom. The molecule has 3 atom stereocenters. The lowest BCUT2D eigenvalue weighted by molar-refractivity contribution is -0.259. The van der Waals surface area contributed by atoms with Gasteiger partial charge in [-0.2, -0.15) is 26.3 Å². The lowest BCUT2D eigenvalue weighted by Gasteiger charge is -2.32. The van der Waals surface area contributed by atoms with E-state index >= 15 is 0 Å². The number of anilines is 1. The van der Waals surface area contributed by atoms with Gasteiger partial charge in [-0.25, -0.2) is 8.42 Å². The minimum absolute atomic E-state index is 0.0497. The van der Waals surface area contributed by atoms with Crippen molar-refractivity contribution in [1.29, 1.82) is 0 Å². The van der Waals surface area contributed by atoms with Crippen molar-refractivity contribution in [3.8, 4) is 5.75 Å². The molecule has 44 heavy (non-hydrogen) atoms. The number of rotatable bonds is 6. The normalized spacial score (nSPS) is 18.2. The van der Waals surface area contributed by atoms with Crippen LogP contribution in [0.3, 0.4) is 0 Å². The zero-order valence-corrected chi connectivity index (χ0v) is 25.1. The molecule has 1 amide bonds. The fourth-order valence-corrected chi connectivity index (χ4v) is 6.16. The third-order valence-corrected chi connectivity index (χ3v) is 9.36. The Balaban J connectivity index is 1.94. The largest absolute Gasteiger partial charge is 0.501 e. The molecule has 6 nitrogen and oxygen atoms in total. The molecule has 238 valence electrons. The molecular formula is C31H31F6NO5S. The first-order valence-electron chi connectivity index (χ1n) is 13.6. The van der Waals surface area contributed by atoms with E-state index in [1.54, 1.807) is 50.2 Å². The van der Waals surface area contributed by atoms with Crippen LogP contribution in [0.1, 0.15) is 54.0 Å². The first kappa shape index (κ1) is 33.3. The van der Waals surface area contributed by atoms with Crippen molar-refractivity contribution in [3.63, 3.8) is 0 Å². The standard InChI is InChI=1S/C31H31F6NO5S/c1-18-10-11-19(2)26(14-18)43-23-13-12-22-15-24(29(4,40)30(32,33)34)27(44(41,42)31(35,36)37)16-25(22)38(17-23)28(39)20(3)21-8-6-5-7-9-21/h5-11,14-16,20,23,40H,12-13,17H2,1-4H3/t20-,23-,29?/m0/s1. The van der Waals surface area contributed by atoms with Crippen LogP contribution in [0.25, 0.3) is 0 Å². The van der Waals surface area contributed by atoms with Gasteiger partial charge in [-0.15, -0.1) is 0 Å². The van der Waals surface area contributed by atoms with Crippen molar-refractivity contribution < 1.29 is 49.4 Å². The van der Waals surface area contributed by atoms with Gasteiger partial charge in [-0.05, 0) is 81.0 Å². The molecule has 1 heterocycles. The summed E-state index contributed by atoms with van der Waals surface area (Å²) < 4.78 is 115. The van der Waals surface area contributed by atoms with Crippen molar-refractivity contribution in [3.05, 3.63) is 88.5 Å². The number of fused-ring (bicyclic) bond motifs is 1. The first-order valence-corrected chi connectivity index (χ1v) is 15.1. The lowest BCUT2D eigenvalue weighted by Crippen LogP contribution is -2.42. The number of carbonyl (C=O) groups is 1. The lowest BCUT2D eigenvalue weighted by atomic mass is 9.91. The Morgan fingerprint density at radius 3 is 2.23 bits per heavy atom. The molecule has 0 saturated heterocycles. The topological polar surface area (TPSA) is 83.9 Å². The minimum atomic E-state index is -6.42. The smallest absolute Gasteiger partial charge is 0.488 e. The zero-order chi connectivity index (χ0) is 32.8. The Hall–Kier alpha value is -3.58. The molecule has 1 N–H and O–H groups in total. The van der Waals surface area contributed by atoms with Crippen LogP contribution in [0.15, 0.2) is 65.6 Å². The van der Waals surface area contributed by atoms with Crippen molar-refractivity contribution in [2.75, 3.05) is 11.4 Å². The molecule has 0 radical (unpaired) electrons. The number of sulfone groups is 1. The summed E-state index contributed by atoms with van der Waals surface area (Å²) in [5, 5.41) is 10.5. The second-order valence-corrected chi connectivity index (χ2v) is 13.0. The van der Waals surface area contributed by atoms with Gasteiger partial charge >= 0.3 is 11.7 Å². The Morgan fingerprint density at radius 1 is 1.00 bits per heavy atom. The third kappa shape index (κ3) is 6.30. The molecule has 13 heteroatoms. The highest BCUT2D eigenvalue weighted by atomic mass is 32.2. The maximum atomic E-state index is 14.0. The predicted molar refractivity (Wildman–Crippen MR) is 151 cm³/mol. The number of aliphatic hydroxyl groups is 1. The first-order chi connectivity index (χ1) is 20.3. The second kappa shape index (κ2) is 11.7. The van der Waals surface area contributed by atoms with E-state index in [1.165, 1.54) is 0 Å². The molecule has 0 saturated carbocycles. The van der Waals surface area contributed by atoms with Crippen molar-refractivity contribution >= 4 is 21.4 Å². The van der Waals surface area contributed by atoms with Crippen LogP contribution in [0.4, 0.5) is 32.0 Å². The highest BCUT2D eigenvalue weighted by molar-refractivity contribution is 7.92. The Bertz CT molecular complexity index is 1650. The number of ether oxygens (including phenoxy) is 1. The fraction of sp³-hybridized carbons (Fsp3) is 0.387. The van der Waals surface area contributed by atoms with Crippen LogP contribution in [0, 0.1) is 13.8 Å². The number of aryl methyl sites for hydroxylation is 3. The van der Waals surface area contributed by atoms with Gasteiger partial charge in [0.05, 0.1) is 17.4 Å². The molecule has 4 rings (SSSR count). The van der Waals surface area contributed by atoms with E-state index in [0.29, 0.717) is 23.4 Å². The SMILES string of the molecule is Cc1ccc(C)c(O[C@H]2CCc3cc(C(C)(O)C(F)(F)F)c(S(=O)(=O)C(F)(F)F)cc3N(C(=O)[C@@H](C)c3ccccc3)C2)c1. The van der Waals surface area contributed by atoms with Crippen LogP contribution in [0.2, 0.25) is 0 Å².